The van der Waals surface area contributed by atoms with Crippen molar-refractivity contribution in [3.05, 3.63) is 75.9 Å². The Labute approximate surface area is 214 Å². The summed E-state index contributed by atoms with van der Waals surface area (Å²) < 4.78 is 6.47. The van der Waals surface area contributed by atoms with E-state index in [2.05, 4.69) is 16.8 Å². The fourth-order valence-corrected chi connectivity index (χ4v) is 7.51. The first kappa shape index (κ1) is 23.9. The van der Waals surface area contributed by atoms with E-state index in [0.717, 1.165) is 17.7 Å². The molecule has 1 saturated heterocycles. The minimum absolute atomic E-state index is 0.0237. The number of aliphatic hydroxyl groups is 1. The van der Waals surface area contributed by atoms with E-state index in [1.165, 1.54) is 12.1 Å². The van der Waals surface area contributed by atoms with Crippen LogP contribution in [0.3, 0.4) is 0 Å². The third-order valence-electron chi connectivity index (χ3n) is 9.26. The van der Waals surface area contributed by atoms with Crippen LogP contribution in [0.5, 0.6) is 11.5 Å². The maximum atomic E-state index is 13.4. The Kier molecular flexibility index (Phi) is 5.36. The average molecular weight is 506 g/mol. The first-order valence-electron chi connectivity index (χ1n) is 12.9. The molecule has 2 aliphatic heterocycles. The van der Waals surface area contributed by atoms with Gasteiger partial charge in [0.15, 0.2) is 11.5 Å². The van der Waals surface area contributed by atoms with Gasteiger partial charge >= 0.3 is 0 Å². The molecule has 2 bridgehead atoms. The quantitative estimate of drug-likeness (QED) is 0.313. The number of nitrogens with zero attached hydrogens (tertiary/aromatic N) is 2. The summed E-state index contributed by atoms with van der Waals surface area (Å²) in [5, 5.41) is 37.3. The second-order valence-corrected chi connectivity index (χ2v) is 10.9. The number of nitrogens with one attached hydrogen (secondary N) is 1. The molecule has 9 heteroatoms. The fraction of sp³-hybridized carbons (Fsp3) is 0.464. The summed E-state index contributed by atoms with van der Waals surface area (Å²) in [6.07, 6.45) is 3.69. The van der Waals surface area contributed by atoms with E-state index < -0.39 is 28.0 Å². The van der Waals surface area contributed by atoms with Crippen LogP contribution in [0.2, 0.25) is 0 Å². The molecule has 0 radical (unpaired) electrons. The fourth-order valence-electron chi connectivity index (χ4n) is 7.51. The predicted molar refractivity (Wildman–Crippen MR) is 136 cm³/mol. The Morgan fingerprint density at radius 3 is 2.78 bits per heavy atom. The van der Waals surface area contributed by atoms with Crippen molar-refractivity contribution in [3.8, 4) is 11.5 Å². The topological polar surface area (TPSA) is 125 Å². The molecule has 2 aromatic carbocycles. The second kappa shape index (κ2) is 8.29. The van der Waals surface area contributed by atoms with Crippen LogP contribution in [0, 0.1) is 10.1 Å². The van der Waals surface area contributed by atoms with Crippen LogP contribution in [0.25, 0.3) is 0 Å². The smallest absolute Gasteiger partial charge is 0.269 e. The monoisotopic (exact) mass is 505 g/mol. The van der Waals surface area contributed by atoms with Crippen molar-refractivity contribution in [1.29, 1.82) is 0 Å². The van der Waals surface area contributed by atoms with Crippen LogP contribution in [0.4, 0.5) is 5.69 Å². The molecular weight excluding hydrogens is 474 g/mol. The number of non-ortho nitro benzene ring substituents is 1. The Hall–Kier alpha value is -3.43. The molecule has 2 aliphatic carbocycles. The molecule has 3 N–H and O–H groups in total. The Morgan fingerprint density at radius 1 is 1.32 bits per heavy atom. The molecular formula is C28H31N3O6. The largest absolute Gasteiger partial charge is 0.504 e. The highest BCUT2D eigenvalue weighted by atomic mass is 16.6. The average Bonchev–Trinajstić information content (AvgIpc) is 3.24. The van der Waals surface area contributed by atoms with Crippen LogP contribution in [-0.2, 0) is 16.6 Å². The molecule has 6 atom stereocenters. The zero-order chi connectivity index (χ0) is 26.1. The number of benzene rings is 2. The lowest BCUT2D eigenvalue weighted by molar-refractivity contribution is -0.384. The lowest BCUT2D eigenvalue weighted by atomic mass is 9.48. The number of phenolic OH excluding ortho intramolecular Hbond substituents is 1. The van der Waals surface area contributed by atoms with Crippen LogP contribution < -0.4 is 10.1 Å². The number of carbonyl (C=O) groups is 1. The van der Waals surface area contributed by atoms with Crippen molar-refractivity contribution < 1.29 is 24.7 Å². The van der Waals surface area contributed by atoms with Gasteiger partial charge in [0.2, 0.25) is 5.91 Å². The Balaban J connectivity index is 1.34. The predicted octanol–water partition coefficient (Wildman–Crippen LogP) is 2.93. The number of rotatable bonds is 6. The zero-order valence-corrected chi connectivity index (χ0v) is 20.7. The van der Waals surface area contributed by atoms with Crippen molar-refractivity contribution in [2.24, 2.45) is 0 Å². The van der Waals surface area contributed by atoms with Gasteiger partial charge in [-0.3, -0.25) is 19.8 Å². The number of carbonyl (C=O) groups excluding carboxylic acids is 1. The van der Waals surface area contributed by atoms with Crippen molar-refractivity contribution in [2.75, 3.05) is 13.1 Å². The maximum Gasteiger partial charge on any atom is 0.269 e. The molecule has 1 saturated carbocycles. The summed E-state index contributed by atoms with van der Waals surface area (Å²) >= 11 is 0. The highest BCUT2D eigenvalue weighted by Gasteiger charge is 2.73. The lowest BCUT2D eigenvalue weighted by Crippen LogP contribution is -2.78. The zero-order valence-electron chi connectivity index (χ0n) is 20.7. The van der Waals surface area contributed by atoms with Gasteiger partial charge in [-0.15, -0.1) is 6.58 Å². The molecule has 37 heavy (non-hydrogen) atoms. The summed E-state index contributed by atoms with van der Waals surface area (Å²) in [7, 11) is 0. The first-order valence-corrected chi connectivity index (χ1v) is 12.9. The van der Waals surface area contributed by atoms with E-state index in [1.54, 1.807) is 25.1 Å². The standard InChI is InChI=1S/C28H31N3O6/c1-3-13-30-14-12-27-23-18-6-9-21(32)24(23)37-25(27)20(10-11-28(27,34)22(30)15-18)29-26(33)16(2)17-4-7-19(8-5-17)31(35)36/h3-9,16,20,22,25,32,34H,1,10-15H2,2H3,(H,29,33)/t16?,20?,22-,25?,27+,28-/m1/s1. The number of nitro benzene ring substituents is 1. The van der Waals surface area contributed by atoms with Crippen LogP contribution >= 0.6 is 0 Å². The lowest BCUT2D eigenvalue weighted by Gasteiger charge is -2.64. The van der Waals surface area contributed by atoms with E-state index in [4.69, 9.17) is 4.74 Å². The number of amides is 1. The maximum absolute atomic E-state index is 13.4. The number of ether oxygens (including phenoxy) is 1. The highest BCUT2D eigenvalue weighted by Crippen LogP contribution is 2.65. The van der Waals surface area contributed by atoms with Gasteiger partial charge in [-0.25, -0.2) is 0 Å². The molecule has 194 valence electrons. The number of piperidine rings is 1. The molecule has 2 heterocycles. The molecule has 1 spiro atoms. The van der Waals surface area contributed by atoms with E-state index >= 15 is 0 Å². The van der Waals surface area contributed by atoms with Gasteiger partial charge in [0, 0.05) is 30.3 Å². The normalized spacial score (nSPS) is 32.1. The summed E-state index contributed by atoms with van der Waals surface area (Å²) in [5.74, 6) is -0.246. The minimum Gasteiger partial charge on any atom is -0.504 e. The van der Waals surface area contributed by atoms with E-state index in [1.807, 2.05) is 12.1 Å². The highest BCUT2D eigenvalue weighted by molar-refractivity contribution is 5.83. The van der Waals surface area contributed by atoms with Gasteiger partial charge < -0.3 is 20.3 Å². The van der Waals surface area contributed by atoms with Crippen molar-refractivity contribution in [1.82, 2.24) is 10.2 Å². The van der Waals surface area contributed by atoms with E-state index in [9.17, 15) is 25.1 Å². The summed E-state index contributed by atoms with van der Waals surface area (Å²) in [5.41, 5.74) is 0.839. The van der Waals surface area contributed by atoms with Gasteiger partial charge in [-0.2, -0.15) is 0 Å². The van der Waals surface area contributed by atoms with Crippen LogP contribution in [0.15, 0.2) is 49.1 Å². The molecule has 0 aromatic heterocycles. The number of aromatic hydroxyl groups is 1. The molecule has 2 aromatic rings. The molecule has 4 aliphatic rings. The number of hydrogen-bond donors (Lipinski definition) is 3. The molecule has 2 fully saturated rings. The molecule has 6 rings (SSSR count). The van der Waals surface area contributed by atoms with Crippen molar-refractivity contribution in [2.45, 2.75) is 67.7 Å². The van der Waals surface area contributed by atoms with Gasteiger partial charge in [0.1, 0.15) is 6.10 Å². The second-order valence-electron chi connectivity index (χ2n) is 10.9. The van der Waals surface area contributed by atoms with Crippen LogP contribution in [-0.4, -0.2) is 62.8 Å². The van der Waals surface area contributed by atoms with Crippen molar-refractivity contribution >= 4 is 11.6 Å². The van der Waals surface area contributed by atoms with Gasteiger partial charge in [-0.1, -0.05) is 24.3 Å². The van der Waals surface area contributed by atoms with Gasteiger partial charge in [0.05, 0.1) is 27.9 Å². The SMILES string of the molecule is C=CCN1CC[C@]23c4c5ccc(O)c4OC2C(NC(=O)C(C)c2ccc([N+](=O)[O-])cc2)CC[C@@]3(O)[C@H]1C5. The number of phenols is 1. The number of nitro groups is 1. The van der Waals surface area contributed by atoms with Crippen LogP contribution in [0.1, 0.15) is 48.8 Å². The Morgan fingerprint density at radius 2 is 2.08 bits per heavy atom. The summed E-state index contributed by atoms with van der Waals surface area (Å²) in [6.45, 7) is 7.11. The first-order chi connectivity index (χ1) is 17.7. The minimum atomic E-state index is -1.06. The van der Waals surface area contributed by atoms with Gasteiger partial charge in [-0.05, 0) is 56.3 Å². The third kappa shape index (κ3) is 3.20. The summed E-state index contributed by atoms with van der Waals surface area (Å²) in [4.78, 5) is 26.2. The van der Waals surface area contributed by atoms with E-state index in [0.29, 0.717) is 43.5 Å². The molecule has 1 amide bonds. The molecule has 9 nitrogen and oxygen atoms in total. The number of hydrogen-bond acceptors (Lipinski definition) is 7. The third-order valence-corrected chi connectivity index (χ3v) is 9.26. The number of likely N-dealkylation sites (tertiary alicyclic amines) is 1. The van der Waals surface area contributed by atoms with Gasteiger partial charge in [0.25, 0.3) is 5.69 Å². The summed E-state index contributed by atoms with van der Waals surface area (Å²) in [6, 6.07) is 9.14. The van der Waals surface area contributed by atoms with E-state index in [-0.39, 0.29) is 29.4 Å². The Bertz CT molecular complexity index is 1300. The van der Waals surface area contributed by atoms with Crippen molar-refractivity contribution in [3.63, 3.8) is 0 Å². The molecule has 3 unspecified atom stereocenters.